The molecular weight excluding hydrogens is 256 g/mol. The lowest BCUT2D eigenvalue weighted by Crippen LogP contribution is -2.48. The number of hydrogen-bond acceptors (Lipinski definition) is 4. The summed E-state index contributed by atoms with van der Waals surface area (Å²) in [6.07, 6.45) is 1.52. The first-order chi connectivity index (χ1) is 9.77. The van der Waals surface area contributed by atoms with Crippen molar-refractivity contribution < 1.29 is 14.3 Å². The van der Waals surface area contributed by atoms with Gasteiger partial charge >= 0.3 is 6.09 Å². The van der Waals surface area contributed by atoms with E-state index in [0.717, 1.165) is 24.9 Å². The number of piperidine rings is 1. The van der Waals surface area contributed by atoms with Crippen LogP contribution in [0.3, 0.4) is 0 Å². The third-order valence-corrected chi connectivity index (χ3v) is 4.07. The largest absolute Gasteiger partial charge is 0.445 e. The van der Waals surface area contributed by atoms with Crippen molar-refractivity contribution in [2.75, 3.05) is 26.4 Å². The van der Waals surface area contributed by atoms with Crippen LogP contribution < -0.4 is 5.32 Å². The van der Waals surface area contributed by atoms with Gasteiger partial charge in [-0.05, 0) is 18.4 Å². The maximum atomic E-state index is 12.0. The molecular formula is C15H20N2O3. The van der Waals surface area contributed by atoms with Crippen molar-refractivity contribution in [2.24, 2.45) is 0 Å². The van der Waals surface area contributed by atoms with Crippen LogP contribution in [-0.2, 0) is 16.1 Å². The highest BCUT2D eigenvalue weighted by molar-refractivity contribution is 5.67. The molecule has 0 saturated carbocycles. The fraction of sp³-hybridized carbons (Fsp3) is 0.533. The molecule has 5 nitrogen and oxygen atoms in total. The molecule has 0 atom stereocenters. The first-order valence-corrected chi connectivity index (χ1v) is 7.08. The summed E-state index contributed by atoms with van der Waals surface area (Å²) >= 11 is 0. The van der Waals surface area contributed by atoms with Crippen molar-refractivity contribution in [3.05, 3.63) is 35.9 Å². The zero-order chi connectivity index (χ0) is 13.8. The molecule has 2 fully saturated rings. The molecule has 0 radical (unpaired) electrons. The van der Waals surface area contributed by atoms with Gasteiger partial charge in [0.1, 0.15) is 6.61 Å². The number of nitrogens with one attached hydrogen (secondary N) is 1. The number of ether oxygens (including phenoxy) is 2. The van der Waals surface area contributed by atoms with Gasteiger partial charge in [-0.3, -0.25) is 5.32 Å². The van der Waals surface area contributed by atoms with Crippen molar-refractivity contribution in [3.63, 3.8) is 0 Å². The molecule has 5 heteroatoms. The lowest BCUT2D eigenvalue weighted by Gasteiger charge is -2.37. The van der Waals surface area contributed by atoms with Crippen LogP contribution in [0.15, 0.2) is 30.3 Å². The molecule has 108 valence electrons. The van der Waals surface area contributed by atoms with Crippen LogP contribution in [0.1, 0.15) is 18.4 Å². The van der Waals surface area contributed by atoms with E-state index < -0.39 is 0 Å². The van der Waals surface area contributed by atoms with Crippen LogP contribution in [0, 0.1) is 0 Å². The van der Waals surface area contributed by atoms with Gasteiger partial charge in [-0.25, -0.2) is 4.79 Å². The minimum Gasteiger partial charge on any atom is -0.445 e. The summed E-state index contributed by atoms with van der Waals surface area (Å²) in [5, 5.41) is 3.22. The molecule has 0 unspecified atom stereocenters. The van der Waals surface area contributed by atoms with Crippen molar-refractivity contribution in [3.8, 4) is 0 Å². The Bertz CT molecular complexity index is 447. The van der Waals surface area contributed by atoms with E-state index >= 15 is 0 Å². The average Bonchev–Trinajstić information content (AvgIpc) is 2.95. The summed E-state index contributed by atoms with van der Waals surface area (Å²) in [6, 6.07) is 9.74. The quantitative estimate of drug-likeness (QED) is 0.894. The van der Waals surface area contributed by atoms with Gasteiger partial charge < -0.3 is 14.4 Å². The Morgan fingerprint density at radius 1 is 1.30 bits per heavy atom. The molecule has 0 aliphatic carbocycles. The summed E-state index contributed by atoms with van der Waals surface area (Å²) in [4.78, 5) is 13.8. The zero-order valence-corrected chi connectivity index (χ0v) is 11.5. The van der Waals surface area contributed by atoms with E-state index in [1.54, 1.807) is 4.90 Å². The highest BCUT2D eigenvalue weighted by atomic mass is 16.6. The Balaban J connectivity index is 1.47. The van der Waals surface area contributed by atoms with E-state index in [0.29, 0.717) is 26.4 Å². The number of amides is 1. The normalized spacial score (nSPS) is 21.1. The monoisotopic (exact) mass is 276 g/mol. The number of rotatable bonds is 2. The summed E-state index contributed by atoms with van der Waals surface area (Å²) in [5.74, 6) is 0. The van der Waals surface area contributed by atoms with Crippen molar-refractivity contribution >= 4 is 6.09 Å². The van der Waals surface area contributed by atoms with Crippen LogP contribution in [0.5, 0.6) is 0 Å². The number of likely N-dealkylation sites (tertiary alicyclic amines) is 1. The molecule has 2 aliphatic heterocycles. The van der Waals surface area contributed by atoms with Crippen LogP contribution in [0.4, 0.5) is 4.79 Å². The molecule has 0 aromatic heterocycles. The second-order valence-corrected chi connectivity index (χ2v) is 5.43. The van der Waals surface area contributed by atoms with Gasteiger partial charge in [0.05, 0.1) is 12.3 Å². The SMILES string of the molecule is O=C(OCc1ccccc1)N1CCC2(CC1)CNCO2. The van der Waals surface area contributed by atoms with Gasteiger partial charge in [-0.1, -0.05) is 30.3 Å². The second kappa shape index (κ2) is 5.81. The van der Waals surface area contributed by atoms with Crippen molar-refractivity contribution in [2.45, 2.75) is 25.0 Å². The minimum absolute atomic E-state index is 0.0593. The summed E-state index contributed by atoms with van der Waals surface area (Å²) in [6.45, 7) is 3.25. The highest BCUT2D eigenvalue weighted by Gasteiger charge is 2.39. The number of benzene rings is 1. The number of hydrogen-bond donors (Lipinski definition) is 1. The predicted molar refractivity (Wildman–Crippen MR) is 74.1 cm³/mol. The Morgan fingerprint density at radius 3 is 2.70 bits per heavy atom. The van der Waals surface area contributed by atoms with Crippen LogP contribution in [0.25, 0.3) is 0 Å². The lowest BCUT2D eigenvalue weighted by atomic mass is 9.92. The maximum Gasteiger partial charge on any atom is 0.410 e. The molecule has 3 rings (SSSR count). The highest BCUT2D eigenvalue weighted by Crippen LogP contribution is 2.28. The van der Waals surface area contributed by atoms with E-state index in [2.05, 4.69) is 5.32 Å². The molecule has 1 aromatic rings. The van der Waals surface area contributed by atoms with Gasteiger partial charge in [-0.2, -0.15) is 0 Å². The molecule has 1 aromatic carbocycles. The third kappa shape index (κ3) is 2.94. The first kappa shape index (κ1) is 13.4. The zero-order valence-electron chi connectivity index (χ0n) is 11.5. The van der Waals surface area contributed by atoms with Crippen LogP contribution in [-0.4, -0.2) is 43.0 Å². The molecule has 2 saturated heterocycles. The molecule has 1 amide bonds. The third-order valence-electron chi connectivity index (χ3n) is 4.07. The average molecular weight is 276 g/mol. The van der Waals surface area contributed by atoms with Crippen LogP contribution in [0.2, 0.25) is 0 Å². The number of carbonyl (C=O) groups is 1. The Labute approximate surface area is 118 Å². The molecule has 0 bridgehead atoms. The lowest BCUT2D eigenvalue weighted by molar-refractivity contribution is -0.0356. The number of carbonyl (C=O) groups excluding carboxylic acids is 1. The molecule has 1 spiro atoms. The molecule has 20 heavy (non-hydrogen) atoms. The molecule has 2 aliphatic rings. The summed E-state index contributed by atoms with van der Waals surface area (Å²) in [5.41, 5.74) is 0.952. The standard InChI is InChI=1S/C15H20N2O3/c18-14(19-10-13-4-2-1-3-5-13)17-8-6-15(7-9-17)11-16-12-20-15/h1-5,16H,6-12H2. The Morgan fingerprint density at radius 2 is 2.05 bits per heavy atom. The summed E-state index contributed by atoms with van der Waals surface area (Å²) in [7, 11) is 0. The van der Waals surface area contributed by atoms with E-state index in [1.165, 1.54) is 0 Å². The predicted octanol–water partition coefficient (Wildman–Crippen LogP) is 1.74. The van der Waals surface area contributed by atoms with E-state index in [9.17, 15) is 4.79 Å². The topological polar surface area (TPSA) is 50.8 Å². The Kier molecular flexibility index (Phi) is 3.89. The number of nitrogens with zero attached hydrogens (tertiary/aromatic N) is 1. The van der Waals surface area contributed by atoms with Gasteiger partial charge in [0.2, 0.25) is 0 Å². The second-order valence-electron chi connectivity index (χ2n) is 5.43. The van der Waals surface area contributed by atoms with Crippen LogP contribution >= 0.6 is 0 Å². The van der Waals surface area contributed by atoms with E-state index in [4.69, 9.17) is 9.47 Å². The van der Waals surface area contributed by atoms with E-state index in [1.807, 2.05) is 30.3 Å². The fourth-order valence-electron chi connectivity index (χ4n) is 2.76. The molecule has 1 N–H and O–H groups in total. The summed E-state index contributed by atoms with van der Waals surface area (Å²) < 4.78 is 11.1. The van der Waals surface area contributed by atoms with E-state index in [-0.39, 0.29) is 11.7 Å². The minimum atomic E-state index is -0.227. The first-order valence-electron chi connectivity index (χ1n) is 7.08. The maximum absolute atomic E-state index is 12.0. The van der Waals surface area contributed by atoms with Gasteiger partial charge in [0.15, 0.2) is 0 Å². The van der Waals surface area contributed by atoms with Crippen molar-refractivity contribution in [1.29, 1.82) is 0 Å². The molecule has 2 heterocycles. The smallest absolute Gasteiger partial charge is 0.410 e. The van der Waals surface area contributed by atoms with Gasteiger partial charge in [0.25, 0.3) is 0 Å². The van der Waals surface area contributed by atoms with Crippen molar-refractivity contribution in [1.82, 2.24) is 10.2 Å². The van der Waals surface area contributed by atoms with Gasteiger partial charge in [0, 0.05) is 19.6 Å². The Hall–Kier alpha value is -1.59. The fourth-order valence-corrected chi connectivity index (χ4v) is 2.76. The van der Waals surface area contributed by atoms with Gasteiger partial charge in [-0.15, -0.1) is 0 Å².